The SMILES string of the molecule is CC1(C(N)=O)CCCCN1Cc1noc(C2CCOCC2)n1. The zero-order valence-electron chi connectivity index (χ0n) is 13.1. The Labute approximate surface area is 130 Å². The Balaban J connectivity index is 1.69. The third-order valence-corrected chi connectivity index (χ3v) is 4.96. The van der Waals surface area contributed by atoms with E-state index in [1.165, 1.54) is 0 Å². The van der Waals surface area contributed by atoms with E-state index < -0.39 is 5.54 Å². The molecule has 22 heavy (non-hydrogen) atoms. The smallest absolute Gasteiger partial charge is 0.237 e. The van der Waals surface area contributed by atoms with Crippen LogP contribution in [0.2, 0.25) is 0 Å². The number of aromatic nitrogens is 2. The van der Waals surface area contributed by atoms with Crippen LogP contribution in [0.1, 0.15) is 56.7 Å². The molecular weight excluding hydrogens is 284 g/mol. The molecule has 0 spiro atoms. The van der Waals surface area contributed by atoms with Gasteiger partial charge in [0.1, 0.15) is 0 Å². The number of nitrogens with two attached hydrogens (primary N) is 1. The van der Waals surface area contributed by atoms with Crippen molar-refractivity contribution < 1.29 is 14.1 Å². The van der Waals surface area contributed by atoms with E-state index in [0.717, 1.165) is 51.9 Å². The predicted molar refractivity (Wildman–Crippen MR) is 79.0 cm³/mol. The summed E-state index contributed by atoms with van der Waals surface area (Å²) in [7, 11) is 0. The largest absolute Gasteiger partial charge is 0.381 e. The van der Waals surface area contributed by atoms with Gasteiger partial charge in [-0.15, -0.1) is 0 Å². The van der Waals surface area contributed by atoms with E-state index in [9.17, 15) is 4.79 Å². The van der Waals surface area contributed by atoms with Crippen molar-refractivity contribution in [2.45, 2.75) is 57.0 Å². The minimum absolute atomic E-state index is 0.277. The first-order valence-electron chi connectivity index (χ1n) is 8.05. The van der Waals surface area contributed by atoms with E-state index in [1.807, 2.05) is 6.92 Å². The van der Waals surface area contributed by atoms with Gasteiger partial charge in [-0.25, -0.2) is 0 Å². The fourth-order valence-corrected chi connectivity index (χ4v) is 3.32. The molecule has 3 heterocycles. The lowest BCUT2D eigenvalue weighted by Gasteiger charge is -2.41. The van der Waals surface area contributed by atoms with Gasteiger partial charge >= 0.3 is 0 Å². The third-order valence-electron chi connectivity index (χ3n) is 4.96. The molecule has 0 radical (unpaired) electrons. The van der Waals surface area contributed by atoms with Crippen LogP contribution in [-0.2, 0) is 16.1 Å². The zero-order chi connectivity index (χ0) is 15.6. The Morgan fingerprint density at radius 2 is 2.18 bits per heavy atom. The molecule has 2 aliphatic heterocycles. The van der Waals surface area contributed by atoms with Crippen LogP contribution in [0, 0.1) is 0 Å². The molecule has 3 rings (SSSR count). The van der Waals surface area contributed by atoms with Crippen molar-refractivity contribution in [3.63, 3.8) is 0 Å². The standard InChI is InChI=1S/C15H24N4O3/c1-15(14(16)20)6-2-3-7-19(15)10-12-17-13(22-18-12)11-4-8-21-9-5-11/h11H,2-10H2,1H3,(H2,16,20). The molecule has 7 heteroatoms. The maximum atomic E-state index is 11.8. The van der Waals surface area contributed by atoms with Gasteiger partial charge in [-0.2, -0.15) is 4.98 Å². The quantitative estimate of drug-likeness (QED) is 0.898. The summed E-state index contributed by atoms with van der Waals surface area (Å²) in [4.78, 5) is 18.4. The summed E-state index contributed by atoms with van der Waals surface area (Å²) in [5, 5.41) is 4.09. The van der Waals surface area contributed by atoms with E-state index in [-0.39, 0.29) is 5.91 Å². The highest BCUT2D eigenvalue weighted by molar-refractivity contribution is 5.84. The maximum Gasteiger partial charge on any atom is 0.237 e. The monoisotopic (exact) mass is 308 g/mol. The summed E-state index contributed by atoms with van der Waals surface area (Å²) >= 11 is 0. The number of carbonyl (C=O) groups excluding carboxylic acids is 1. The number of primary amides is 1. The van der Waals surface area contributed by atoms with Gasteiger partial charge in [0, 0.05) is 19.1 Å². The fraction of sp³-hybridized carbons (Fsp3) is 0.800. The molecule has 1 atom stereocenters. The predicted octanol–water partition coefficient (Wildman–Crippen LogP) is 1.19. The lowest BCUT2D eigenvalue weighted by atomic mass is 9.87. The van der Waals surface area contributed by atoms with Gasteiger partial charge in [0.15, 0.2) is 5.82 Å². The summed E-state index contributed by atoms with van der Waals surface area (Å²) in [6.07, 6.45) is 4.71. The lowest BCUT2D eigenvalue weighted by Crippen LogP contribution is -2.57. The Bertz CT molecular complexity index is 527. The van der Waals surface area contributed by atoms with E-state index in [4.69, 9.17) is 15.0 Å². The van der Waals surface area contributed by atoms with Crippen molar-refractivity contribution in [2.75, 3.05) is 19.8 Å². The molecule has 2 aliphatic rings. The first-order chi connectivity index (χ1) is 10.6. The molecule has 1 aromatic rings. The Morgan fingerprint density at radius 3 is 2.91 bits per heavy atom. The van der Waals surface area contributed by atoms with Crippen molar-refractivity contribution >= 4 is 5.91 Å². The Hall–Kier alpha value is -1.47. The molecular formula is C15H24N4O3. The summed E-state index contributed by atoms with van der Waals surface area (Å²) in [6, 6.07) is 0. The normalized spacial score (nSPS) is 27.9. The van der Waals surface area contributed by atoms with E-state index in [2.05, 4.69) is 15.0 Å². The van der Waals surface area contributed by atoms with Crippen molar-refractivity contribution in [1.29, 1.82) is 0 Å². The lowest BCUT2D eigenvalue weighted by molar-refractivity contribution is -0.132. The summed E-state index contributed by atoms with van der Waals surface area (Å²) < 4.78 is 10.8. The third kappa shape index (κ3) is 3.01. The van der Waals surface area contributed by atoms with Gasteiger partial charge < -0.3 is 15.0 Å². The highest BCUT2D eigenvalue weighted by atomic mass is 16.5. The van der Waals surface area contributed by atoms with Gasteiger partial charge in [0.25, 0.3) is 0 Å². The molecule has 7 nitrogen and oxygen atoms in total. The second-order valence-electron chi connectivity index (χ2n) is 6.45. The Kier molecular flexibility index (Phi) is 4.44. The van der Waals surface area contributed by atoms with Gasteiger partial charge in [0.05, 0.1) is 12.1 Å². The molecule has 1 amide bonds. The van der Waals surface area contributed by atoms with Crippen molar-refractivity contribution in [3.8, 4) is 0 Å². The van der Waals surface area contributed by atoms with Crippen LogP contribution in [-0.4, -0.2) is 46.2 Å². The molecule has 2 saturated heterocycles. The minimum atomic E-state index is -0.613. The molecule has 122 valence electrons. The van der Waals surface area contributed by atoms with Crippen LogP contribution in [0.4, 0.5) is 0 Å². The number of nitrogens with zero attached hydrogens (tertiary/aromatic N) is 3. The second-order valence-corrected chi connectivity index (χ2v) is 6.45. The van der Waals surface area contributed by atoms with Crippen LogP contribution in [0.25, 0.3) is 0 Å². The number of ether oxygens (including phenoxy) is 1. The van der Waals surface area contributed by atoms with E-state index in [0.29, 0.717) is 24.2 Å². The van der Waals surface area contributed by atoms with Crippen molar-refractivity contribution in [1.82, 2.24) is 15.0 Å². The van der Waals surface area contributed by atoms with E-state index >= 15 is 0 Å². The summed E-state index contributed by atoms with van der Waals surface area (Å²) in [5.41, 5.74) is 5.00. The summed E-state index contributed by atoms with van der Waals surface area (Å²) in [5.74, 6) is 1.34. The van der Waals surface area contributed by atoms with Gasteiger partial charge in [-0.05, 0) is 45.6 Å². The molecule has 2 N–H and O–H groups in total. The van der Waals surface area contributed by atoms with E-state index in [1.54, 1.807) is 0 Å². The molecule has 0 aliphatic carbocycles. The van der Waals surface area contributed by atoms with Crippen molar-refractivity contribution in [3.05, 3.63) is 11.7 Å². The zero-order valence-corrected chi connectivity index (χ0v) is 13.1. The van der Waals surface area contributed by atoms with Gasteiger partial charge in [-0.1, -0.05) is 5.16 Å². The molecule has 0 bridgehead atoms. The van der Waals surface area contributed by atoms with Crippen LogP contribution in [0.15, 0.2) is 4.52 Å². The Morgan fingerprint density at radius 1 is 1.41 bits per heavy atom. The number of likely N-dealkylation sites (tertiary alicyclic amines) is 1. The van der Waals surface area contributed by atoms with Crippen LogP contribution in [0.3, 0.4) is 0 Å². The second kappa shape index (κ2) is 6.34. The van der Waals surface area contributed by atoms with Gasteiger partial charge in [-0.3, -0.25) is 9.69 Å². The number of piperidine rings is 1. The molecule has 1 aromatic heterocycles. The van der Waals surface area contributed by atoms with Crippen LogP contribution < -0.4 is 5.73 Å². The average molecular weight is 308 g/mol. The topological polar surface area (TPSA) is 94.5 Å². The van der Waals surface area contributed by atoms with Crippen LogP contribution in [0.5, 0.6) is 0 Å². The van der Waals surface area contributed by atoms with Crippen LogP contribution >= 0.6 is 0 Å². The number of amides is 1. The molecule has 2 fully saturated rings. The fourth-order valence-electron chi connectivity index (χ4n) is 3.32. The maximum absolute atomic E-state index is 11.8. The first-order valence-corrected chi connectivity index (χ1v) is 8.05. The average Bonchev–Trinajstić information content (AvgIpc) is 2.99. The van der Waals surface area contributed by atoms with Gasteiger partial charge in [0.2, 0.25) is 11.8 Å². The number of hydrogen-bond donors (Lipinski definition) is 1. The number of rotatable bonds is 4. The molecule has 0 saturated carbocycles. The number of carbonyl (C=O) groups is 1. The number of hydrogen-bond acceptors (Lipinski definition) is 6. The summed E-state index contributed by atoms with van der Waals surface area (Å²) in [6.45, 7) is 4.74. The molecule has 1 unspecified atom stereocenters. The van der Waals surface area contributed by atoms with Crippen molar-refractivity contribution in [2.24, 2.45) is 5.73 Å². The highest BCUT2D eigenvalue weighted by Gasteiger charge is 2.40. The molecule has 0 aromatic carbocycles. The minimum Gasteiger partial charge on any atom is -0.381 e. The highest BCUT2D eigenvalue weighted by Crippen LogP contribution is 2.30. The first kappa shape index (κ1) is 15.4.